The Labute approximate surface area is 123 Å². The lowest BCUT2D eigenvalue weighted by Crippen LogP contribution is -2.17. The first-order valence-corrected chi connectivity index (χ1v) is 7.36. The summed E-state index contributed by atoms with van der Waals surface area (Å²) in [6.45, 7) is 5.43. The van der Waals surface area contributed by atoms with Crippen LogP contribution in [0.1, 0.15) is 19.8 Å². The van der Waals surface area contributed by atoms with Gasteiger partial charge < -0.3 is 10.4 Å². The zero-order valence-electron chi connectivity index (χ0n) is 11.5. The molecule has 0 heterocycles. The van der Waals surface area contributed by atoms with E-state index in [1.165, 1.54) is 0 Å². The molecule has 0 bridgehead atoms. The topological polar surface area (TPSA) is 66.4 Å². The highest BCUT2D eigenvalue weighted by Crippen LogP contribution is 2.27. The molecule has 20 heavy (non-hydrogen) atoms. The van der Waals surface area contributed by atoms with Crippen molar-refractivity contribution in [3.05, 3.63) is 36.9 Å². The Morgan fingerprint density at radius 2 is 2.10 bits per heavy atom. The van der Waals surface area contributed by atoms with E-state index in [0.29, 0.717) is 0 Å². The molecule has 0 saturated carbocycles. The van der Waals surface area contributed by atoms with Crippen LogP contribution in [-0.2, 0) is 9.59 Å². The molecule has 4 nitrogen and oxygen atoms in total. The molecule has 0 spiro atoms. The summed E-state index contributed by atoms with van der Waals surface area (Å²) in [6, 6.07) is 7.54. The van der Waals surface area contributed by atoms with Gasteiger partial charge in [0.1, 0.15) is 0 Å². The summed E-state index contributed by atoms with van der Waals surface area (Å²) in [5, 5.41) is 11.5. The molecule has 5 heteroatoms. The fraction of sp³-hybridized carbons (Fsp3) is 0.333. The number of anilines is 1. The highest BCUT2D eigenvalue weighted by atomic mass is 32.2. The predicted octanol–water partition coefficient (Wildman–Crippen LogP) is 3.40. The molecule has 0 aliphatic carbocycles. The first kappa shape index (κ1) is 16.3. The van der Waals surface area contributed by atoms with Gasteiger partial charge in [-0.25, -0.2) is 0 Å². The quantitative estimate of drug-likeness (QED) is 0.569. The van der Waals surface area contributed by atoms with E-state index < -0.39 is 5.97 Å². The van der Waals surface area contributed by atoms with E-state index in [4.69, 9.17) is 5.11 Å². The van der Waals surface area contributed by atoms with Gasteiger partial charge in [0, 0.05) is 23.5 Å². The Morgan fingerprint density at radius 1 is 1.40 bits per heavy atom. The average molecular weight is 293 g/mol. The van der Waals surface area contributed by atoms with Crippen LogP contribution in [0.3, 0.4) is 0 Å². The number of para-hydroxylation sites is 1. The molecule has 1 amide bonds. The molecule has 2 N–H and O–H groups in total. The highest BCUT2D eigenvalue weighted by molar-refractivity contribution is 7.99. The summed E-state index contributed by atoms with van der Waals surface area (Å²) in [7, 11) is 0. The number of amides is 1. The van der Waals surface area contributed by atoms with Gasteiger partial charge in [-0.1, -0.05) is 25.1 Å². The summed E-state index contributed by atoms with van der Waals surface area (Å²) < 4.78 is 0. The summed E-state index contributed by atoms with van der Waals surface area (Å²) in [4.78, 5) is 23.5. The first-order valence-electron chi connectivity index (χ1n) is 6.37. The van der Waals surface area contributed by atoms with Crippen LogP contribution in [-0.4, -0.2) is 22.7 Å². The monoisotopic (exact) mass is 293 g/mol. The normalized spacial score (nSPS) is 11.7. The largest absolute Gasteiger partial charge is 0.481 e. The van der Waals surface area contributed by atoms with E-state index in [1.54, 1.807) is 24.8 Å². The van der Waals surface area contributed by atoms with Crippen molar-refractivity contribution >= 4 is 29.3 Å². The maximum Gasteiger partial charge on any atom is 0.303 e. The molecule has 0 aliphatic rings. The minimum Gasteiger partial charge on any atom is -0.481 e. The molecule has 0 saturated heterocycles. The second kappa shape index (κ2) is 8.43. The van der Waals surface area contributed by atoms with Crippen LogP contribution in [0.15, 0.2) is 41.8 Å². The van der Waals surface area contributed by atoms with Gasteiger partial charge in [-0.3, -0.25) is 9.59 Å². The van der Waals surface area contributed by atoms with Crippen molar-refractivity contribution in [2.24, 2.45) is 5.92 Å². The lowest BCUT2D eigenvalue weighted by Gasteiger charge is -2.12. The van der Waals surface area contributed by atoms with Crippen LogP contribution in [0.5, 0.6) is 0 Å². The standard InChI is InChI=1S/C15H19NO3S/c1-3-8-20-13-7-5-4-6-12(13)16-14(17)9-11(2)10-15(18)19/h3-7,11H,1,8-10H2,2H3,(H,16,17)(H,18,19). The van der Waals surface area contributed by atoms with E-state index in [2.05, 4.69) is 11.9 Å². The average Bonchev–Trinajstić information content (AvgIpc) is 2.36. The molecule has 1 aromatic rings. The van der Waals surface area contributed by atoms with Gasteiger partial charge in [0.05, 0.1) is 5.69 Å². The summed E-state index contributed by atoms with van der Waals surface area (Å²) in [5.74, 6) is -0.458. The van der Waals surface area contributed by atoms with Gasteiger partial charge in [-0.05, 0) is 18.1 Å². The molecule has 1 aromatic carbocycles. The SMILES string of the molecule is C=CCSc1ccccc1NC(=O)CC(C)CC(=O)O. The van der Waals surface area contributed by atoms with Crippen LogP contribution in [0.2, 0.25) is 0 Å². The van der Waals surface area contributed by atoms with Gasteiger partial charge in [0.15, 0.2) is 0 Å². The zero-order valence-corrected chi connectivity index (χ0v) is 12.3. The van der Waals surface area contributed by atoms with E-state index in [1.807, 2.05) is 24.3 Å². The molecule has 1 rings (SSSR count). The number of aliphatic carboxylic acids is 1. The van der Waals surface area contributed by atoms with Gasteiger partial charge in [-0.2, -0.15) is 0 Å². The van der Waals surface area contributed by atoms with Crippen molar-refractivity contribution < 1.29 is 14.7 Å². The Balaban J connectivity index is 2.61. The van der Waals surface area contributed by atoms with Crippen molar-refractivity contribution in [1.82, 2.24) is 0 Å². The number of hydrogen-bond donors (Lipinski definition) is 2. The van der Waals surface area contributed by atoms with Crippen LogP contribution >= 0.6 is 11.8 Å². The van der Waals surface area contributed by atoms with Crippen molar-refractivity contribution in [2.45, 2.75) is 24.7 Å². The molecule has 1 unspecified atom stereocenters. The Bertz CT molecular complexity index is 488. The molecular formula is C15H19NO3S. The van der Waals surface area contributed by atoms with Crippen molar-refractivity contribution in [2.75, 3.05) is 11.1 Å². The molecule has 1 atom stereocenters. The van der Waals surface area contributed by atoms with Gasteiger partial charge in [-0.15, -0.1) is 18.3 Å². The third kappa shape index (κ3) is 5.93. The lowest BCUT2D eigenvalue weighted by molar-refractivity contribution is -0.138. The van der Waals surface area contributed by atoms with Crippen molar-refractivity contribution in [1.29, 1.82) is 0 Å². The number of benzene rings is 1. The number of nitrogens with one attached hydrogen (secondary N) is 1. The van der Waals surface area contributed by atoms with Crippen LogP contribution < -0.4 is 5.32 Å². The third-order valence-electron chi connectivity index (χ3n) is 2.57. The molecule has 0 aromatic heterocycles. The molecule has 0 aliphatic heterocycles. The van der Waals surface area contributed by atoms with Crippen molar-refractivity contribution in [3.63, 3.8) is 0 Å². The van der Waals surface area contributed by atoms with Crippen LogP contribution in [0.25, 0.3) is 0 Å². The van der Waals surface area contributed by atoms with Gasteiger partial charge >= 0.3 is 5.97 Å². The van der Waals surface area contributed by atoms with Gasteiger partial charge in [0.2, 0.25) is 5.91 Å². The molecular weight excluding hydrogens is 274 g/mol. The first-order chi connectivity index (χ1) is 9.52. The summed E-state index contributed by atoms with van der Waals surface area (Å²) >= 11 is 1.59. The smallest absolute Gasteiger partial charge is 0.303 e. The van der Waals surface area contributed by atoms with Crippen LogP contribution in [0.4, 0.5) is 5.69 Å². The number of thioether (sulfide) groups is 1. The molecule has 108 valence electrons. The maximum absolute atomic E-state index is 11.9. The number of carboxylic acid groups (broad SMARTS) is 1. The van der Waals surface area contributed by atoms with Gasteiger partial charge in [0.25, 0.3) is 0 Å². The van der Waals surface area contributed by atoms with Crippen LogP contribution in [0, 0.1) is 5.92 Å². The zero-order chi connectivity index (χ0) is 15.0. The number of carboxylic acids is 1. The molecule has 0 fully saturated rings. The van der Waals surface area contributed by atoms with E-state index in [9.17, 15) is 9.59 Å². The number of rotatable bonds is 8. The minimum atomic E-state index is -0.882. The van der Waals surface area contributed by atoms with Crippen molar-refractivity contribution in [3.8, 4) is 0 Å². The van der Waals surface area contributed by atoms with E-state index in [0.717, 1.165) is 16.3 Å². The number of hydrogen-bond acceptors (Lipinski definition) is 3. The Kier molecular flexibility index (Phi) is 6.87. The summed E-state index contributed by atoms with van der Waals surface area (Å²) in [5.41, 5.74) is 0.756. The Hall–Kier alpha value is -1.75. The number of carbonyl (C=O) groups is 2. The highest BCUT2D eigenvalue weighted by Gasteiger charge is 2.13. The lowest BCUT2D eigenvalue weighted by atomic mass is 10.0. The molecule has 0 radical (unpaired) electrons. The second-order valence-electron chi connectivity index (χ2n) is 4.55. The third-order valence-corrected chi connectivity index (χ3v) is 3.64. The second-order valence-corrected chi connectivity index (χ2v) is 5.61. The predicted molar refractivity (Wildman–Crippen MR) is 82.0 cm³/mol. The fourth-order valence-electron chi connectivity index (χ4n) is 1.73. The fourth-order valence-corrected chi connectivity index (χ4v) is 2.48. The summed E-state index contributed by atoms with van der Waals surface area (Å²) in [6.07, 6.45) is 2.01. The van der Waals surface area contributed by atoms with E-state index in [-0.39, 0.29) is 24.7 Å². The van der Waals surface area contributed by atoms with E-state index >= 15 is 0 Å². The maximum atomic E-state index is 11.9. The minimum absolute atomic E-state index is 0.000279. The number of carbonyl (C=O) groups excluding carboxylic acids is 1. The Morgan fingerprint density at radius 3 is 2.75 bits per heavy atom.